The first-order valence-corrected chi connectivity index (χ1v) is 8.74. The van der Waals surface area contributed by atoms with Crippen LogP contribution < -0.4 is 24.3 Å². The minimum absolute atomic E-state index is 0.101. The number of hydrogen-bond acceptors (Lipinski definition) is 6. The first-order chi connectivity index (χ1) is 12.7. The normalized spacial score (nSPS) is 17.7. The fourth-order valence-corrected chi connectivity index (χ4v) is 3.83. The molecule has 0 saturated carbocycles. The van der Waals surface area contributed by atoms with Crippen LogP contribution in [0.4, 0.5) is 0 Å². The molecule has 0 aliphatic carbocycles. The second-order valence-corrected chi connectivity index (χ2v) is 6.46. The third-order valence-corrected chi connectivity index (χ3v) is 5.12. The minimum Gasteiger partial charge on any atom is -0.493 e. The van der Waals surface area contributed by atoms with E-state index in [1.165, 1.54) is 11.1 Å². The van der Waals surface area contributed by atoms with Crippen molar-refractivity contribution >= 4 is 0 Å². The highest BCUT2D eigenvalue weighted by molar-refractivity contribution is 5.53. The van der Waals surface area contributed by atoms with Crippen molar-refractivity contribution in [2.45, 2.75) is 25.5 Å². The van der Waals surface area contributed by atoms with Gasteiger partial charge in [0, 0.05) is 11.6 Å². The highest BCUT2D eigenvalue weighted by Gasteiger charge is 2.26. The molecule has 0 bridgehead atoms. The number of nitrogens with one attached hydrogen (secondary N) is 1. The fourth-order valence-electron chi connectivity index (χ4n) is 3.83. The molecule has 0 aromatic heterocycles. The molecule has 0 unspecified atom stereocenters. The van der Waals surface area contributed by atoms with E-state index in [9.17, 15) is 5.11 Å². The summed E-state index contributed by atoms with van der Waals surface area (Å²) < 4.78 is 21.9. The molecule has 0 spiro atoms. The van der Waals surface area contributed by atoms with Crippen LogP contribution >= 0.6 is 0 Å². The average Bonchev–Trinajstić information content (AvgIpc) is 3.13. The van der Waals surface area contributed by atoms with Crippen molar-refractivity contribution in [1.29, 1.82) is 0 Å². The van der Waals surface area contributed by atoms with Gasteiger partial charge in [0.25, 0.3) is 0 Å². The molecule has 2 aromatic rings. The molecule has 4 rings (SSSR count). The molecule has 26 heavy (non-hydrogen) atoms. The van der Waals surface area contributed by atoms with Gasteiger partial charge in [-0.25, -0.2) is 0 Å². The van der Waals surface area contributed by atoms with Crippen molar-refractivity contribution in [3.05, 3.63) is 46.5 Å². The number of fused-ring (bicyclic) bond motifs is 2. The molecule has 0 saturated heterocycles. The van der Waals surface area contributed by atoms with Crippen LogP contribution in [0.5, 0.6) is 23.0 Å². The highest BCUT2D eigenvalue weighted by Crippen LogP contribution is 2.40. The van der Waals surface area contributed by atoms with Gasteiger partial charge in [0.1, 0.15) is 0 Å². The Morgan fingerprint density at radius 1 is 1.15 bits per heavy atom. The van der Waals surface area contributed by atoms with E-state index in [4.69, 9.17) is 18.9 Å². The zero-order valence-electron chi connectivity index (χ0n) is 15.0. The molecule has 6 nitrogen and oxygen atoms in total. The lowest BCUT2D eigenvalue weighted by Crippen LogP contribution is -2.31. The first-order valence-electron chi connectivity index (χ1n) is 8.74. The van der Waals surface area contributed by atoms with Crippen LogP contribution in [0.1, 0.15) is 28.3 Å². The van der Waals surface area contributed by atoms with Gasteiger partial charge in [0.15, 0.2) is 23.0 Å². The van der Waals surface area contributed by atoms with Crippen molar-refractivity contribution in [2.75, 3.05) is 27.6 Å². The quantitative estimate of drug-likeness (QED) is 0.856. The summed E-state index contributed by atoms with van der Waals surface area (Å²) in [5.41, 5.74) is 4.30. The Bertz CT molecular complexity index is 820. The molecule has 2 N–H and O–H groups in total. The Morgan fingerprint density at radius 3 is 2.69 bits per heavy atom. The molecule has 6 heteroatoms. The van der Waals surface area contributed by atoms with Crippen LogP contribution in [0.15, 0.2) is 24.3 Å². The molecule has 2 aliphatic heterocycles. The van der Waals surface area contributed by atoms with Gasteiger partial charge in [0.2, 0.25) is 6.79 Å². The number of aliphatic hydroxyl groups excluding tert-OH is 1. The summed E-state index contributed by atoms with van der Waals surface area (Å²) in [4.78, 5) is 0. The third-order valence-electron chi connectivity index (χ3n) is 5.12. The predicted molar refractivity (Wildman–Crippen MR) is 96.2 cm³/mol. The van der Waals surface area contributed by atoms with E-state index >= 15 is 0 Å². The SMILES string of the molecule is COc1ccc(C[C@@H]2NCCc3cc4c(cc32)OCO4)c(CO)c1OC. The Morgan fingerprint density at radius 2 is 1.96 bits per heavy atom. The summed E-state index contributed by atoms with van der Waals surface area (Å²) in [6.45, 7) is 1.08. The lowest BCUT2D eigenvalue weighted by atomic mass is 9.88. The van der Waals surface area contributed by atoms with Crippen LogP contribution in [0, 0.1) is 0 Å². The fraction of sp³-hybridized carbons (Fsp3) is 0.400. The molecular weight excluding hydrogens is 334 g/mol. The van der Waals surface area contributed by atoms with Crippen LogP contribution in [0.3, 0.4) is 0 Å². The Kier molecular flexibility index (Phi) is 4.61. The smallest absolute Gasteiger partial charge is 0.231 e. The summed E-state index contributed by atoms with van der Waals surface area (Å²) >= 11 is 0. The van der Waals surface area contributed by atoms with Crippen LogP contribution in [-0.2, 0) is 19.4 Å². The van der Waals surface area contributed by atoms with Gasteiger partial charge in [0.05, 0.1) is 20.8 Å². The standard InChI is InChI=1S/C20H23NO5/c1-23-17-4-3-12(15(10-22)20(17)24-2)7-16-14-9-19-18(25-11-26-19)8-13(14)5-6-21-16/h3-4,8-9,16,21-22H,5-7,10-11H2,1-2H3/t16-/m0/s1. The van der Waals surface area contributed by atoms with Crippen LogP contribution in [0.2, 0.25) is 0 Å². The van der Waals surface area contributed by atoms with Crippen molar-refractivity contribution in [1.82, 2.24) is 5.32 Å². The Balaban J connectivity index is 1.69. The number of methoxy groups -OCH3 is 2. The molecule has 0 radical (unpaired) electrons. The maximum absolute atomic E-state index is 9.91. The second kappa shape index (κ2) is 7.05. The van der Waals surface area contributed by atoms with Gasteiger partial charge in [-0.3, -0.25) is 0 Å². The van der Waals surface area contributed by atoms with Crippen LogP contribution in [0.25, 0.3) is 0 Å². The highest BCUT2D eigenvalue weighted by atomic mass is 16.7. The number of ether oxygens (including phenoxy) is 4. The van der Waals surface area contributed by atoms with E-state index in [1.807, 2.05) is 12.1 Å². The van der Waals surface area contributed by atoms with Crippen molar-refractivity contribution in [3.8, 4) is 23.0 Å². The van der Waals surface area contributed by atoms with E-state index < -0.39 is 0 Å². The second-order valence-electron chi connectivity index (χ2n) is 6.46. The van der Waals surface area contributed by atoms with Crippen molar-refractivity contribution in [3.63, 3.8) is 0 Å². The summed E-state index contributed by atoms with van der Waals surface area (Å²) in [6, 6.07) is 8.18. The van der Waals surface area contributed by atoms with Gasteiger partial charge in [-0.2, -0.15) is 0 Å². The van der Waals surface area contributed by atoms with Crippen molar-refractivity contribution in [2.24, 2.45) is 0 Å². The number of benzene rings is 2. The van der Waals surface area contributed by atoms with Gasteiger partial charge in [-0.15, -0.1) is 0 Å². The maximum Gasteiger partial charge on any atom is 0.231 e. The van der Waals surface area contributed by atoms with E-state index in [-0.39, 0.29) is 19.4 Å². The Hall–Kier alpha value is -2.44. The first kappa shape index (κ1) is 17.0. The average molecular weight is 357 g/mol. The Labute approximate surface area is 152 Å². The number of rotatable bonds is 5. The number of hydrogen-bond donors (Lipinski definition) is 2. The molecule has 2 aromatic carbocycles. The zero-order valence-corrected chi connectivity index (χ0v) is 15.0. The molecule has 138 valence electrons. The monoisotopic (exact) mass is 357 g/mol. The minimum atomic E-state index is -0.101. The largest absolute Gasteiger partial charge is 0.493 e. The summed E-state index contributed by atoms with van der Waals surface area (Å²) in [5.74, 6) is 2.84. The lowest BCUT2D eigenvalue weighted by molar-refractivity contribution is 0.174. The van der Waals surface area contributed by atoms with Crippen molar-refractivity contribution < 1.29 is 24.1 Å². The van der Waals surface area contributed by atoms with Gasteiger partial charge in [-0.05, 0) is 54.3 Å². The molecule has 2 aliphatic rings. The zero-order chi connectivity index (χ0) is 18.1. The lowest BCUT2D eigenvalue weighted by Gasteiger charge is -2.28. The van der Waals surface area contributed by atoms with E-state index in [0.29, 0.717) is 11.5 Å². The van der Waals surface area contributed by atoms with Gasteiger partial charge in [-0.1, -0.05) is 6.07 Å². The molecule has 0 fully saturated rings. The van der Waals surface area contributed by atoms with Gasteiger partial charge < -0.3 is 29.4 Å². The van der Waals surface area contributed by atoms with E-state index in [2.05, 4.69) is 17.4 Å². The summed E-state index contributed by atoms with van der Waals surface area (Å²) in [7, 11) is 3.19. The van der Waals surface area contributed by atoms with Crippen LogP contribution in [-0.4, -0.2) is 32.7 Å². The molecule has 1 atom stereocenters. The molecule has 2 heterocycles. The van der Waals surface area contributed by atoms with E-state index in [0.717, 1.165) is 42.0 Å². The predicted octanol–water partition coefficient (Wildman–Crippen LogP) is 2.35. The summed E-state index contributed by atoms with van der Waals surface area (Å²) in [6.07, 6.45) is 1.70. The number of aliphatic hydroxyl groups is 1. The summed E-state index contributed by atoms with van der Waals surface area (Å²) in [5, 5.41) is 13.5. The molecular formula is C20H23NO5. The maximum atomic E-state index is 9.91. The van der Waals surface area contributed by atoms with E-state index in [1.54, 1.807) is 14.2 Å². The topological polar surface area (TPSA) is 69.2 Å². The molecule has 0 amide bonds. The third kappa shape index (κ3) is 2.85. The van der Waals surface area contributed by atoms with Gasteiger partial charge >= 0.3 is 0 Å².